The van der Waals surface area contributed by atoms with Crippen LogP contribution in [0.15, 0.2) is 52.5 Å². The normalized spacial score (nSPS) is 10.8. The maximum atomic E-state index is 11.7. The third-order valence-corrected chi connectivity index (χ3v) is 4.10. The largest absolute Gasteiger partial charge is 0.497 e. The van der Waals surface area contributed by atoms with Gasteiger partial charge < -0.3 is 9.72 Å². The van der Waals surface area contributed by atoms with Crippen LogP contribution in [0.3, 0.4) is 0 Å². The molecule has 3 aromatic rings. The highest BCUT2D eigenvalue weighted by atomic mass is 32.2. The number of H-pyrrole nitrogens is 1. The van der Waals surface area contributed by atoms with Crippen molar-refractivity contribution in [2.45, 2.75) is 17.0 Å². The van der Waals surface area contributed by atoms with Gasteiger partial charge in [0.15, 0.2) is 10.9 Å². The van der Waals surface area contributed by atoms with Crippen molar-refractivity contribution in [2.75, 3.05) is 7.11 Å². The highest BCUT2D eigenvalue weighted by Crippen LogP contribution is 2.30. The number of imidazole rings is 1. The number of aromatic nitrogens is 2. The SMILES string of the molecule is COc1ccc2nc(Sc3ccccc3C(C)=O)[nH]c2c1. The molecule has 0 bridgehead atoms. The van der Waals surface area contributed by atoms with Gasteiger partial charge in [-0.05, 0) is 25.1 Å². The second-order valence-corrected chi connectivity index (χ2v) is 5.61. The maximum Gasteiger partial charge on any atom is 0.171 e. The molecule has 2 aromatic carbocycles. The summed E-state index contributed by atoms with van der Waals surface area (Å²) in [7, 11) is 1.64. The topological polar surface area (TPSA) is 55.0 Å². The van der Waals surface area contributed by atoms with Crippen molar-refractivity contribution in [3.8, 4) is 5.75 Å². The molecule has 0 unspecified atom stereocenters. The van der Waals surface area contributed by atoms with E-state index < -0.39 is 0 Å². The molecular formula is C16H14N2O2S. The van der Waals surface area contributed by atoms with Crippen LogP contribution in [0.25, 0.3) is 11.0 Å². The fourth-order valence-corrected chi connectivity index (χ4v) is 3.07. The number of methoxy groups -OCH3 is 1. The number of ketones is 1. The van der Waals surface area contributed by atoms with Gasteiger partial charge in [-0.15, -0.1) is 0 Å². The molecule has 1 aromatic heterocycles. The second kappa shape index (κ2) is 5.61. The lowest BCUT2D eigenvalue weighted by molar-refractivity contribution is 0.101. The average molecular weight is 298 g/mol. The van der Waals surface area contributed by atoms with Gasteiger partial charge in [0, 0.05) is 16.5 Å². The zero-order valence-electron chi connectivity index (χ0n) is 11.7. The van der Waals surface area contributed by atoms with E-state index in [9.17, 15) is 4.79 Å². The Labute approximate surface area is 126 Å². The smallest absolute Gasteiger partial charge is 0.171 e. The van der Waals surface area contributed by atoms with Gasteiger partial charge in [-0.3, -0.25) is 4.79 Å². The van der Waals surface area contributed by atoms with Gasteiger partial charge in [0.1, 0.15) is 5.75 Å². The summed E-state index contributed by atoms with van der Waals surface area (Å²) in [5.74, 6) is 0.836. The van der Waals surface area contributed by atoms with Crippen molar-refractivity contribution >= 4 is 28.6 Å². The van der Waals surface area contributed by atoms with Crippen LogP contribution in [0.1, 0.15) is 17.3 Å². The maximum absolute atomic E-state index is 11.7. The van der Waals surface area contributed by atoms with E-state index in [2.05, 4.69) is 9.97 Å². The highest BCUT2D eigenvalue weighted by Gasteiger charge is 2.11. The van der Waals surface area contributed by atoms with E-state index in [0.29, 0.717) is 5.56 Å². The number of aromatic amines is 1. The zero-order chi connectivity index (χ0) is 14.8. The summed E-state index contributed by atoms with van der Waals surface area (Å²) in [5, 5.41) is 0.756. The summed E-state index contributed by atoms with van der Waals surface area (Å²) >= 11 is 1.45. The van der Waals surface area contributed by atoms with Gasteiger partial charge in [0.05, 0.1) is 18.1 Å². The quantitative estimate of drug-likeness (QED) is 0.742. The van der Waals surface area contributed by atoms with E-state index in [4.69, 9.17) is 4.74 Å². The number of carbonyl (C=O) groups is 1. The van der Waals surface area contributed by atoms with Crippen LogP contribution in [0, 0.1) is 0 Å². The Bertz CT molecular complexity index is 811. The third-order valence-electron chi connectivity index (χ3n) is 3.14. The Balaban J connectivity index is 1.97. The minimum absolute atomic E-state index is 0.0517. The van der Waals surface area contributed by atoms with Gasteiger partial charge in [0.25, 0.3) is 0 Å². The number of ether oxygens (including phenoxy) is 1. The van der Waals surface area contributed by atoms with E-state index in [1.54, 1.807) is 14.0 Å². The summed E-state index contributed by atoms with van der Waals surface area (Å²) < 4.78 is 5.20. The van der Waals surface area contributed by atoms with Crippen molar-refractivity contribution in [3.05, 3.63) is 48.0 Å². The third kappa shape index (κ3) is 2.78. The number of hydrogen-bond donors (Lipinski definition) is 1. The van der Waals surface area contributed by atoms with Crippen LogP contribution in [-0.4, -0.2) is 22.9 Å². The fraction of sp³-hybridized carbons (Fsp3) is 0.125. The van der Waals surface area contributed by atoms with Crippen LogP contribution in [0.4, 0.5) is 0 Å². The first-order chi connectivity index (χ1) is 10.2. The minimum Gasteiger partial charge on any atom is -0.497 e. The summed E-state index contributed by atoms with van der Waals surface area (Å²) in [5.41, 5.74) is 2.50. The number of rotatable bonds is 4. The predicted octanol–water partition coefficient (Wildman–Crippen LogP) is 3.93. The number of nitrogens with zero attached hydrogens (tertiary/aromatic N) is 1. The van der Waals surface area contributed by atoms with Crippen LogP contribution in [0.5, 0.6) is 5.75 Å². The first kappa shape index (κ1) is 13.7. The summed E-state index contributed by atoms with van der Waals surface area (Å²) in [6, 6.07) is 13.2. The second-order valence-electron chi connectivity index (χ2n) is 4.58. The first-order valence-corrected chi connectivity index (χ1v) is 7.30. The van der Waals surface area contributed by atoms with Crippen molar-refractivity contribution < 1.29 is 9.53 Å². The Kier molecular flexibility index (Phi) is 3.66. The number of carbonyl (C=O) groups excluding carboxylic acids is 1. The van der Waals surface area contributed by atoms with Crippen molar-refractivity contribution in [1.82, 2.24) is 9.97 Å². The lowest BCUT2D eigenvalue weighted by Gasteiger charge is -2.03. The molecule has 0 fully saturated rings. The molecule has 0 atom stereocenters. The fourth-order valence-electron chi connectivity index (χ4n) is 2.09. The molecule has 106 valence electrons. The summed E-state index contributed by atoms with van der Waals surface area (Å²) in [6.07, 6.45) is 0. The Morgan fingerprint density at radius 3 is 2.81 bits per heavy atom. The zero-order valence-corrected chi connectivity index (χ0v) is 12.5. The van der Waals surface area contributed by atoms with E-state index in [0.717, 1.165) is 26.8 Å². The average Bonchev–Trinajstić information content (AvgIpc) is 2.88. The Morgan fingerprint density at radius 1 is 1.24 bits per heavy atom. The van der Waals surface area contributed by atoms with Crippen LogP contribution in [0.2, 0.25) is 0 Å². The molecule has 0 spiro atoms. The molecule has 5 heteroatoms. The lowest BCUT2D eigenvalue weighted by Crippen LogP contribution is -1.94. The van der Waals surface area contributed by atoms with Crippen LogP contribution >= 0.6 is 11.8 Å². The molecule has 0 radical (unpaired) electrons. The van der Waals surface area contributed by atoms with E-state index in [1.807, 2.05) is 42.5 Å². The standard InChI is InChI=1S/C16H14N2O2S/c1-10(19)12-5-3-4-6-15(12)21-16-17-13-8-7-11(20-2)9-14(13)18-16/h3-9H,1-2H3,(H,17,18). The van der Waals surface area contributed by atoms with Crippen molar-refractivity contribution in [1.29, 1.82) is 0 Å². The van der Waals surface area contributed by atoms with Gasteiger partial charge in [-0.25, -0.2) is 4.98 Å². The van der Waals surface area contributed by atoms with E-state index >= 15 is 0 Å². The number of Topliss-reactive ketones (excluding diaryl/α,β-unsaturated/α-hetero) is 1. The van der Waals surface area contributed by atoms with Gasteiger partial charge >= 0.3 is 0 Å². The van der Waals surface area contributed by atoms with E-state index in [1.165, 1.54) is 11.8 Å². The first-order valence-electron chi connectivity index (χ1n) is 6.49. The molecular weight excluding hydrogens is 284 g/mol. The van der Waals surface area contributed by atoms with Crippen molar-refractivity contribution in [2.24, 2.45) is 0 Å². The number of benzene rings is 2. The molecule has 0 aliphatic carbocycles. The predicted molar refractivity (Wildman–Crippen MR) is 83.2 cm³/mol. The molecule has 1 N–H and O–H groups in total. The molecule has 3 rings (SSSR count). The van der Waals surface area contributed by atoms with Gasteiger partial charge in [0.2, 0.25) is 0 Å². The summed E-state index contributed by atoms with van der Waals surface area (Å²) in [4.78, 5) is 20.3. The Morgan fingerprint density at radius 2 is 2.05 bits per heavy atom. The number of nitrogens with one attached hydrogen (secondary N) is 1. The highest BCUT2D eigenvalue weighted by molar-refractivity contribution is 7.99. The lowest BCUT2D eigenvalue weighted by atomic mass is 10.1. The van der Waals surface area contributed by atoms with Crippen LogP contribution < -0.4 is 4.74 Å². The molecule has 0 aliphatic rings. The van der Waals surface area contributed by atoms with Crippen LogP contribution in [-0.2, 0) is 0 Å². The molecule has 21 heavy (non-hydrogen) atoms. The number of fused-ring (bicyclic) bond motifs is 1. The summed E-state index contributed by atoms with van der Waals surface area (Å²) in [6.45, 7) is 1.57. The van der Waals surface area contributed by atoms with Gasteiger partial charge in [-0.2, -0.15) is 0 Å². The molecule has 0 saturated carbocycles. The molecule has 0 aliphatic heterocycles. The van der Waals surface area contributed by atoms with Gasteiger partial charge in [-0.1, -0.05) is 30.0 Å². The Hall–Kier alpha value is -2.27. The number of hydrogen-bond acceptors (Lipinski definition) is 4. The van der Waals surface area contributed by atoms with E-state index in [-0.39, 0.29) is 5.78 Å². The molecule has 1 heterocycles. The molecule has 4 nitrogen and oxygen atoms in total. The molecule has 0 amide bonds. The molecule has 0 saturated heterocycles. The minimum atomic E-state index is 0.0517. The monoisotopic (exact) mass is 298 g/mol. The van der Waals surface area contributed by atoms with Crippen molar-refractivity contribution in [3.63, 3.8) is 0 Å².